The number of rotatable bonds is 64. The van der Waals surface area contributed by atoms with Crippen LogP contribution in [0.3, 0.4) is 0 Å². The van der Waals surface area contributed by atoms with Crippen LogP contribution in [0, 0.1) is 0 Å². The first-order valence-electron chi connectivity index (χ1n) is 34.3. The Morgan fingerprint density at radius 2 is 0.434 bits per heavy atom. The van der Waals surface area contributed by atoms with E-state index in [9.17, 15) is 14.4 Å². The fourth-order valence-electron chi connectivity index (χ4n) is 10.5. The van der Waals surface area contributed by atoms with Crippen LogP contribution in [0.4, 0.5) is 0 Å². The number of allylic oxidation sites excluding steroid dienone is 4. The van der Waals surface area contributed by atoms with Gasteiger partial charge < -0.3 is 14.2 Å². The first-order chi connectivity index (χ1) is 37.5. The lowest BCUT2D eigenvalue weighted by atomic mass is 10.0. The average Bonchev–Trinajstić information content (AvgIpc) is 3.42. The van der Waals surface area contributed by atoms with Crippen LogP contribution in [0.2, 0.25) is 0 Å². The predicted octanol–water partition coefficient (Wildman–Crippen LogP) is 23.4. The molecule has 0 amide bonds. The topological polar surface area (TPSA) is 78.9 Å². The molecule has 6 nitrogen and oxygen atoms in total. The molecule has 0 saturated heterocycles. The van der Waals surface area contributed by atoms with E-state index in [2.05, 4.69) is 45.1 Å². The molecule has 0 aliphatic heterocycles. The lowest BCUT2D eigenvalue weighted by molar-refractivity contribution is -0.167. The molecule has 0 bridgehead atoms. The summed E-state index contributed by atoms with van der Waals surface area (Å²) in [4.78, 5) is 38.4. The van der Waals surface area contributed by atoms with E-state index in [4.69, 9.17) is 14.2 Å². The Labute approximate surface area is 474 Å². The van der Waals surface area contributed by atoms with Gasteiger partial charge in [-0.25, -0.2) is 0 Å². The highest BCUT2D eigenvalue weighted by molar-refractivity contribution is 5.71. The molecular weight excluding hydrogens is 937 g/mol. The van der Waals surface area contributed by atoms with E-state index in [0.717, 1.165) is 57.8 Å². The third-order valence-electron chi connectivity index (χ3n) is 15.7. The highest BCUT2D eigenvalue weighted by Crippen LogP contribution is 2.18. The molecule has 448 valence electrons. The van der Waals surface area contributed by atoms with Crippen LogP contribution in [0.15, 0.2) is 24.3 Å². The molecular formula is C70H132O6. The second-order valence-electron chi connectivity index (χ2n) is 23.4. The standard InChI is InChI=1S/C70H132O6/c1-4-7-10-13-16-19-22-25-28-31-34-35-37-39-42-45-48-51-54-57-60-63-69(72)75-66-67(65-74-68(71)62-59-56-53-50-47-44-41-38-33-30-27-24-21-18-15-12-9-6-3)76-70(73)64-61-58-55-52-49-46-43-40-36-32-29-26-23-20-17-14-11-8-5-2/h26,29-30,33,67H,4-25,27-28,31-32,34-66H2,1-3H3/b29-26-,33-30-. The number of hydrogen-bond acceptors (Lipinski definition) is 6. The minimum Gasteiger partial charge on any atom is -0.462 e. The minimum atomic E-state index is -0.772. The van der Waals surface area contributed by atoms with Crippen molar-refractivity contribution in [1.82, 2.24) is 0 Å². The van der Waals surface area contributed by atoms with Gasteiger partial charge in [0.1, 0.15) is 13.2 Å². The lowest BCUT2D eigenvalue weighted by Crippen LogP contribution is -2.30. The number of carbonyl (C=O) groups is 3. The van der Waals surface area contributed by atoms with Crippen LogP contribution in [-0.4, -0.2) is 37.2 Å². The summed E-state index contributed by atoms with van der Waals surface area (Å²) in [6.07, 6.45) is 79.0. The number of hydrogen-bond donors (Lipinski definition) is 0. The first kappa shape index (κ1) is 73.9. The van der Waals surface area contributed by atoms with E-state index in [1.807, 2.05) is 0 Å². The fraction of sp³-hybridized carbons (Fsp3) is 0.900. The maximum Gasteiger partial charge on any atom is 0.306 e. The lowest BCUT2D eigenvalue weighted by Gasteiger charge is -2.18. The van der Waals surface area contributed by atoms with Crippen molar-refractivity contribution in [2.24, 2.45) is 0 Å². The zero-order valence-corrected chi connectivity index (χ0v) is 51.6. The van der Waals surface area contributed by atoms with Crippen LogP contribution < -0.4 is 0 Å². The molecule has 0 aromatic heterocycles. The Bertz CT molecular complexity index is 1230. The van der Waals surface area contributed by atoms with Crippen molar-refractivity contribution >= 4 is 17.9 Å². The van der Waals surface area contributed by atoms with Gasteiger partial charge in [-0.2, -0.15) is 0 Å². The maximum absolute atomic E-state index is 12.9. The number of ether oxygens (including phenoxy) is 3. The van der Waals surface area contributed by atoms with Gasteiger partial charge in [-0.05, 0) is 70.6 Å². The van der Waals surface area contributed by atoms with Crippen molar-refractivity contribution in [2.45, 2.75) is 393 Å². The molecule has 1 unspecified atom stereocenters. The molecule has 0 aliphatic carbocycles. The molecule has 76 heavy (non-hydrogen) atoms. The van der Waals surface area contributed by atoms with Crippen molar-refractivity contribution in [2.75, 3.05) is 13.2 Å². The molecule has 0 N–H and O–H groups in total. The summed E-state index contributed by atoms with van der Waals surface area (Å²) in [6.45, 7) is 6.71. The summed E-state index contributed by atoms with van der Waals surface area (Å²) in [5.74, 6) is -0.844. The van der Waals surface area contributed by atoms with Gasteiger partial charge in [0.2, 0.25) is 0 Å². The van der Waals surface area contributed by atoms with Crippen LogP contribution in [0.25, 0.3) is 0 Å². The Hall–Kier alpha value is -2.11. The van der Waals surface area contributed by atoms with Crippen molar-refractivity contribution < 1.29 is 28.6 Å². The summed E-state index contributed by atoms with van der Waals surface area (Å²) in [6, 6.07) is 0. The van der Waals surface area contributed by atoms with Crippen molar-refractivity contribution in [1.29, 1.82) is 0 Å². The summed E-state index contributed by atoms with van der Waals surface area (Å²) in [5, 5.41) is 0. The molecule has 0 rings (SSSR count). The quantitative estimate of drug-likeness (QED) is 0.0261. The molecule has 0 radical (unpaired) electrons. The SMILES string of the molecule is CCCCCCCC/C=C\CCCCCCCCCCCC(=O)OC(COC(=O)CCCCCCCCC/C=C\CCCCCCCCC)COC(=O)CCCCCCCCCCCCCCCCCCCCCCC. The van der Waals surface area contributed by atoms with E-state index in [1.54, 1.807) is 0 Å². The molecule has 6 heteroatoms. The molecule has 0 aliphatic rings. The minimum absolute atomic E-state index is 0.0679. The van der Waals surface area contributed by atoms with Crippen molar-refractivity contribution in [3.8, 4) is 0 Å². The largest absolute Gasteiger partial charge is 0.462 e. The van der Waals surface area contributed by atoms with E-state index >= 15 is 0 Å². The molecule has 0 spiro atoms. The number of esters is 3. The van der Waals surface area contributed by atoms with Crippen molar-refractivity contribution in [3.05, 3.63) is 24.3 Å². The molecule has 0 fully saturated rings. The first-order valence-corrected chi connectivity index (χ1v) is 34.3. The van der Waals surface area contributed by atoms with Gasteiger partial charge >= 0.3 is 17.9 Å². The van der Waals surface area contributed by atoms with Gasteiger partial charge in [0.25, 0.3) is 0 Å². The van der Waals surface area contributed by atoms with Gasteiger partial charge in [0.05, 0.1) is 0 Å². The molecule has 0 aromatic rings. The monoisotopic (exact) mass is 1070 g/mol. The van der Waals surface area contributed by atoms with E-state index in [1.165, 1.54) is 289 Å². The maximum atomic E-state index is 12.9. The fourth-order valence-corrected chi connectivity index (χ4v) is 10.5. The van der Waals surface area contributed by atoms with Gasteiger partial charge in [-0.15, -0.1) is 0 Å². The smallest absolute Gasteiger partial charge is 0.306 e. The van der Waals surface area contributed by atoms with Gasteiger partial charge in [0, 0.05) is 19.3 Å². The van der Waals surface area contributed by atoms with Crippen LogP contribution in [-0.2, 0) is 28.6 Å². The van der Waals surface area contributed by atoms with Crippen molar-refractivity contribution in [3.63, 3.8) is 0 Å². The molecule has 0 aromatic carbocycles. The second kappa shape index (κ2) is 65.4. The van der Waals surface area contributed by atoms with Crippen LogP contribution in [0.5, 0.6) is 0 Å². The summed E-state index contributed by atoms with van der Waals surface area (Å²) in [7, 11) is 0. The highest BCUT2D eigenvalue weighted by Gasteiger charge is 2.19. The molecule has 1 atom stereocenters. The Morgan fingerprint density at radius 3 is 0.658 bits per heavy atom. The summed E-state index contributed by atoms with van der Waals surface area (Å²) >= 11 is 0. The van der Waals surface area contributed by atoms with Gasteiger partial charge in [-0.1, -0.05) is 321 Å². The zero-order valence-electron chi connectivity index (χ0n) is 51.6. The van der Waals surface area contributed by atoms with E-state index in [-0.39, 0.29) is 31.1 Å². The third kappa shape index (κ3) is 62.7. The summed E-state index contributed by atoms with van der Waals surface area (Å²) < 4.78 is 17.0. The van der Waals surface area contributed by atoms with Crippen LogP contribution in [0.1, 0.15) is 387 Å². The summed E-state index contributed by atoms with van der Waals surface area (Å²) in [5.41, 5.74) is 0. The molecule has 0 saturated carbocycles. The third-order valence-corrected chi connectivity index (χ3v) is 15.7. The normalized spacial score (nSPS) is 12.1. The zero-order chi connectivity index (χ0) is 55.0. The number of carbonyl (C=O) groups excluding carboxylic acids is 3. The van der Waals surface area contributed by atoms with E-state index < -0.39 is 6.10 Å². The van der Waals surface area contributed by atoms with E-state index in [0.29, 0.717) is 19.3 Å². The highest BCUT2D eigenvalue weighted by atomic mass is 16.6. The predicted molar refractivity (Wildman–Crippen MR) is 330 cm³/mol. The average molecular weight is 1070 g/mol. The molecule has 0 heterocycles. The second-order valence-corrected chi connectivity index (χ2v) is 23.4. The number of unbranched alkanes of at least 4 members (excludes halogenated alkanes) is 49. The Balaban J connectivity index is 4.31. The van der Waals surface area contributed by atoms with Gasteiger partial charge in [0.15, 0.2) is 6.10 Å². The van der Waals surface area contributed by atoms with Crippen LogP contribution >= 0.6 is 0 Å². The van der Waals surface area contributed by atoms with Gasteiger partial charge in [-0.3, -0.25) is 14.4 Å². The Kier molecular flexibility index (Phi) is 63.6. The Morgan fingerprint density at radius 1 is 0.250 bits per heavy atom.